The van der Waals surface area contributed by atoms with Gasteiger partial charge in [-0.15, -0.1) is 0 Å². The summed E-state index contributed by atoms with van der Waals surface area (Å²) in [6.45, 7) is 5.51. The summed E-state index contributed by atoms with van der Waals surface area (Å²) >= 11 is 0. The number of nitrogens with zero attached hydrogens (tertiary/aromatic N) is 1. The third-order valence-corrected chi connectivity index (χ3v) is 2.51. The number of nitriles is 1. The lowest BCUT2D eigenvalue weighted by atomic mass is 10.1. The highest BCUT2D eigenvalue weighted by molar-refractivity contribution is 5.87. The molecular formula is C15H16N2O3. The zero-order valence-electron chi connectivity index (χ0n) is 11.7. The summed E-state index contributed by atoms with van der Waals surface area (Å²) in [6.07, 6.45) is 0. The lowest BCUT2D eigenvalue weighted by Crippen LogP contribution is -2.43. The van der Waals surface area contributed by atoms with E-state index in [1.54, 1.807) is 12.1 Å². The van der Waals surface area contributed by atoms with E-state index in [4.69, 9.17) is 14.4 Å². The van der Waals surface area contributed by atoms with Crippen molar-refractivity contribution in [1.29, 1.82) is 5.26 Å². The zero-order chi connectivity index (χ0) is 14.8. The molecule has 1 heterocycles. The fourth-order valence-corrected chi connectivity index (χ4v) is 1.83. The van der Waals surface area contributed by atoms with Crippen molar-refractivity contribution in [3.63, 3.8) is 0 Å². The van der Waals surface area contributed by atoms with Crippen molar-refractivity contribution in [3.05, 3.63) is 30.0 Å². The molecule has 0 bridgehead atoms. The molecular weight excluding hydrogens is 256 g/mol. The number of furan rings is 1. The third kappa shape index (κ3) is 3.09. The van der Waals surface area contributed by atoms with Crippen LogP contribution in [0.2, 0.25) is 0 Å². The second-order valence-electron chi connectivity index (χ2n) is 5.46. The number of carbonyl (C=O) groups excluding carboxylic acids is 1. The molecule has 5 nitrogen and oxygen atoms in total. The number of hydrogen-bond donors (Lipinski definition) is 1. The molecule has 0 aliphatic rings. The Morgan fingerprint density at radius 3 is 2.75 bits per heavy atom. The van der Waals surface area contributed by atoms with Gasteiger partial charge >= 0.3 is 0 Å². The predicted octanol–water partition coefficient (Wildman–Crippen LogP) is 2.60. The van der Waals surface area contributed by atoms with Gasteiger partial charge in [0.05, 0.1) is 5.39 Å². The van der Waals surface area contributed by atoms with Gasteiger partial charge in [0.1, 0.15) is 11.7 Å². The van der Waals surface area contributed by atoms with E-state index in [-0.39, 0.29) is 23.8 Å². The maximum Gasteiger partial charge on any atom is 0.258 e. The molecule has 0 unspecified atom stereocenters. The molecule has 20 heavy (non-hydrogen) atoms. The van der Waals surface area contributed by atoms with Crippen LogP contribution in [0.15, 0.2) is 28.7 Å². The number of fused-ring (bicyclic) bond motifs is 1. The van der Waals surface area contributed by atoms with Crippen molar-refractivity contribution in [2.75, 3.05) is 6.61 Å². The Morgan fingerprint density at radius 1 is 1.40 bits per heavy atom. The first kappa shape index (κ1) is 13.9. The van der Waals surface area contributed by atoms with Crippen molar-refractivity contribution >= 4 is 16.9 Å². The summed E-state index contributed by atoms with van der Waals surface area (Å²) < 4.78 is 10.8. The molecule has 2 rings (SSSR count). The van der Waals surface area contributed by atoms with Gasteiger partial charge in [-0.3, -0.25) is 4.79 Å². The highest BCUT2D eigenvalue weighted by Crippen LogP contribution is 2.32. The van der Waals surface area contributed by atoms with Gasteiger partial charge in [-0.25, -0.2) is 0 Å². The molecule has 0 atom stereocenters. The predicted molar refractivity (Wildman–Crippen MR) is 74.3 cm³/mol. The van der Waals surface area contributed by atoms with Crippen LogP contribution in [0, 0.1) is 11.3 Å². The first-order chi connectivity index (χ1) is 9.40. The van der Waals surface area contributed by atoms with Gasteiger partial charge in [-0.05, 0) is 32.9 Å². The third-order valence-electron chi connectivity index (χ3n) is 2.51. The molecule has 0 saturated heterocycles. The van der Waals surface area contributed by atoms with Crippen molar-refractivity contribution < 1.29 is 13.9 Å². The van der Waals surface area contributed by atoms with E-state index < -0.39 is 0 Å². The van der Waals surface area contributed by atoms with E-state index in [9.17, 15) is 4.79 Å². The van der Waals surface area contributed by atoms with Crippen LogP contribution in [-0.4, -0.2) is 18.1 Å². The molecule has 104 valence electrons. The Labute approximate surface area is 117 Å². The fourth-order valence-electron chi connectivity index (χ4n) is 1.83. The van der Waals surface area contributed by atoms with E-state index in [1.165, 1.54) is 0 Å². The minimum Gasteiger partial charge on any atom is -0.478 e. The highest BCUT2D eigenvalue weighted by Gasteiger charge is 2.18. The average Bonchev–Trinajstić information content (AvgIpc) is 2.72. The highest BCUT2D eigenvalue weighted by atomic mass is 16.5. The summed E-state index contributed by atoms with van der Waals surface area (Å²) in [5, 5.41) is 12.5. The Hall–Kier alpha value is -2.48. The molecule has 1 aromatic carbocycles. The maximum absolute atomic E-state index is 11.7. The molecule has 0 spiro atoms. The molecule has 0 radical (unpaired) electrons. The zero-order valence-corrected chi connectivity index (χ0v) is 11.7. The molecule has 0 aliphatic heterocycles. The average molecular weight is 272 g/mol. The van der Waals surface area contributed by atoms with Crippen LogP contribution in [0.1, 0.15) is 26.5 Å². The molecule has 0 fully saturated rings. The van der Waals surface area contributed by atoms with Gasteiger partial charge in [-0.2, -0.15) is 5.26 Å². The van der Waals surface area contributed by atoms with E-state index in [1.807, 2.05) is 39.0 Å². The molecule has 5 heteroatoms. The van der Waals surface area contributed by atoms with Crippen molar-refractivity contribution in [1.82, 2.24) is 5.32 Å². The number of hydrogen-bond acceptors (Lipinski definition) is 4. The van der Waals surface area contributed by atoms with Crippen LogP contribution in [0.3, 0.4) is 0 Å². The quantitative estimate of drug-likeness (QED) is 0.931. The molecule has 2 aromatic rings. The van der Waals surface area contributed by atoms with Crippen LogP contribution in [0.5, 0.6) is 5.75 Å². The van der Waals surface area contributed by atoms with E-state index in [0.29, 0.717) is 16.7 Å². The number of nitrogens with one attached hydrogen (secondary N) is 1. The van der Waals surface area contributed by atoms with Crippen molar-refractivity contribution in [3.8, 4) is 11.8 Å². The van der Waals surface area contributed by atoms with Gasteiger partial charge in [-0.1, -0.05) is 12.1 Å². The number of benzene rings is 1. The lowest BCUT2D eigenvalue weighted by molar-refractivity contribution is -0.124. The van der Waals surface area contributed by atoms with Crippen LogP contribution < -0.4 is 10.1 Å². The summed E-state index contributed by atoms with van der Waals surface area (Å²) in [4.78, 5) is 11.7. The number of ether oxygens (including phenoxy) is 1. The number of para-hydroxylation sites is 1. The Kier molecular flexibility index (Phi) is 3.66. The second kappa shape index (κ2) is 5.25. The minimum atomic E-state index is -0.322. The number of carbonyl (C=O) groups is 1. The Morgan fingerprint density at radius 2 is 2.10 bits per heavy atom. The Balaban J connectivity index is 2.18. The van der Waals surface area contributed by atoms with Crippen LogP contribution in [0.4, 0.5) is 0 Å². The monoisotopic (exact) mass is 272 g/mol. The first-order valence-electron chi connectivity index (χ1n) is 6.26. The minimum absolute atomic E-state index is 0.0785. The summed E-state index contributed by atoms with van der Waals surface area (Å²) in [7, 11) is 0. The largest absolute Gasteiger partial charge is 0.478 e. The van der Waals surface area contributed by atoms with Gasteiger partial charge in [0.2, 0.25) is 5.76 Å². The number of amides is 1. The molecule has 0 saturated carbocycles. The van der Waals surface area contributed by atoms with Gasteiger partial charge < -0.3 is 14.5 Å². The van der Waals surface area contributed by atoms with E-state index in [2.05, 4.69) is 5.32 Å². The molecule has 0 aliphatic carbocycles. The van der Waals surface area contributed by atoms with Gasteiger partial charge in [0.25, 0.3) is 5.91 Å². The summed E-state index contributed by atoms with van der Waals surface area (Å²) in [6, 6.07) is 9.10. The summed E-state index contributed by atoms with van der Waals surface area (Å²) in [5.74, 6) is 0.147. The molecule has 1 N–H and O–H groups in total. The van der Waals surface area contributed by atoms with Gasteiger partial charge in [0, 0.05) is 5.54 Å². The first-order valence-corrected chi connectivity index (χ1v) is 6.26. The van der Waals surface area contributed by atoms with E-state index >= 15 is 0 Å². The van der Waals surface area contributed by atoms with Crippen LogP contribution in [0.25, 0.3) is 11.0 Å². The normalized spacial score (nSPS) is 11.1. The lowest BCUT2D eigenvalue weighted by Gasteiger charge is -2.20. The van der Waals surface area contributed by atoms with Crippen molar-refractivity contribution in [2.24, 2.45) is 0 Å². The fraction of sp³-hybridized carbons (Fsp3) is 0.333. The smallest absolute Gasteiger partial charge is 0.258 e. The van der Waals surface area contributed by atoms with Gasteiger partial charge in [0.15, 0.2) is 12.4 Å². The molecule has 1 amide bonds. The molecule has 1 aromatic heterocycles. The summed E-state index contributed by atoms with van der Waals surface area (Å²) in [5.41, 5.74) is 0.243. The Bertz CT molecular complexity index is 674. The standard InChI is InChI=1S/C15H16N2O3/c1-15(2,3)17-13(18)9-19-14-10-6-4-5-7-11(10)20-12(14)8-16/h4-7H,9H2,1-3H3,(H,17,18). The SMILES string of the molecule is CC(C)(C)NC(=O)COc1c(C#N)oc2ccccc12. The van der Waals surface area contributed by atoms with Crippen LogP contribution >= 0.6 is 0 Å². The van der Waals surface area contributed by atoms with E-state index in [0.717, 1.165) is 0 Å². The topological polar surface area (TPSA) is 75.3 Å². The van der Waals surface area contributed by atoms with Crippen molar-refractivity contribution in [2.45, 2.75) is 26.3 Å². The maximum atomic E-state index is 11.7. The van der Waals surface area contributed by atoms with Crippen LogP contribution in [-0.2, 0) is 4.79 Å². The number of rotatable bonds is 3. The second-order valence-corrected chi connectivity index (χ2v) is 5.46.